The van der Waals surface area contributed by atoms with Crippen molar-refractivity contribution in [2.75, 3.05) is 28.8 Å². The summed E-state index contributed by atoms with van der Waals surface area (Å²) in [7, 11) is 1.62. The van der Waals surface area contributed by atoms with Crippen molar-refractivity contribution in [3.05, 3.63) is 72.3 Å². The highest BCUT2D eigenvalue weighted by Crippen LogP contribution is 2.32. The van der Waals surface area contributed by atoms with Crippen molar-refractivity contribution in [3.8, 4) is 5.75 Å². The molecule has 3 aromatic carbocycles. The third-order valence-corrected chi connectivity index (χ3v) is 5.49. The predicted octanol–water partition coefficient (Wildman–Crippen LogP) is 4.74. The van der Waals surface area contributed by atoms with E-state index in [1.807, 2.05) is 54.6 Å². The molecule has 6 nitrogen and oxygen atoms in total. The minimum atomic E-state index is -0.249. The molecule has 0 unspecified atom stereocenters. The number of rotatable bonds is 5. The molecule has 29 heavy (non-hydrogen) atoms. The van der Waals surface area contributed by atoms with Crippen LogP contribution in [-0.2, 0) is 4.79 Å². The largest absolute Gasteiger partial charge is 0.497 e. The first-order chi connectivity index (χ1) is 14.1. The van der Waals surface area contributed by atoms with Gasteiger partial charge in [-0.2, -0.15) is 0 Å². The minimum Gasteiger partial charge on any atom is -0.497 e. The molecule has 1 aliphatic rings. The molecule has 1 aliphatic heterocycles. The lowest BCUT2D eigenvalue weighted by Gasteiger charge is -2.17. The van der Waals surface area contributed by atoms with Gasteiger partial charge >= 0.3 is 0 Å². The number of carbonyl (C=O) groups is 2. The van der Waals surface area contributed by atoms with Crippen LogP contribution in [0.2, 0.25) is 0 Å². The Kier molecular flexibility index (Phi) is 5.39. The molecule has 0 aromatic heterocycles. The van der Waals surface area contributed by atoms with Crippen molar-refractivity contribution < 1.29 is 14.3 Å². The number of carbonyl (C=O) groups excluding carboxylic acids is 2. The summed E-state index contributed by atoms with van der Waals surface area (Å²) in [5.74, 6) is 0.855. The van der Waals surface area contributed by atoms with E-state index in [-0.39, 0.29) is 11.8 Å². The second kappa shape index (κ2) is 8.28. The van der Waals surface area contributed by atoms with E-state index >= 15 is 0 Å². The van der Waals surface area contributed by atoms with Crippen LogP contribution >= 0.6 is 11.8 Å². The number of para-hydroxylation sites is 2. The molecule has 3 N–H and O–H groups in total. The molecule has 146 valence electrons. The topological polar surface area (TPSA) is 79.5 Å². The number of amides is 2. The molecule has 0 saturated carbocycles. The molecule has 7 heteroatoms. The van der Waals surface area contributed by atoms with E-state index in [4.69, 9.17) is 4.74 Å². The summed E-state index contributed by atoms with van der Waals surface area (Å²) < 4.78 is 5.18. The first-order valence-corrected chi connectivity index (χ1v) is 9.99. The molecule has 0 saturated heterocycles. The summed E-state index contributed by atoms with van der Waals surface area (Å²) in [5.41, 5.74) is 3.45. The van der Waals surface area contributed by atoms with Crippen LogP contribution in [-0.4, -0.2) is 24.7 Å². The maximum absolute atomic E-state index is 12.8. The van der Waals surface area contributed by atoms with Gasteiger partial charge in [0.05, 0.1) is 29.9 Å². The van der Waals surface area contributed by atoms with Gasteiger partial charge in [-0.1, -0.05) is 12.1 Å². The average Bonchev–Trinajstić information content (AvgIpc) is 2.75. The minimum absolute atomic E-state index is 0.0610. The lowest BCUT2D eigenvalue weighted by Crippen LogP contribution is -2.20. The average molecular weight is 405 g/mol. The number of benzene rings is 3. The second-order valence-corrected chi connectivity index (χ2v) is 7.42. The van der Waals surface area contributed by atoms with Crippen LogP contribution in [0.1, 0.15) is 10.4 Å². The molecule has 0 atom stereocenters. The number of methoxy groups -OCH3 is 1. The van der Waals surface area contributed by atoms with E-state index in [9.17, 15) is 9.59 Å². The first-order valence-electron chi connectivity index (χ1n) is 9.00. The standard InChI is InChI=1S/C22H19N3O3S/c1-28-16-9-7-15(8-10-16)23-17-4-2-3-5-18(17)25-22(27)14-6-11-20-19(12-14)24-21(26)13-29-20/h2-12,23H,13H2,1H3,(H,24,26)(H,25,27). The van der Waals surface area contributed by atoms with Gasteiger partial charge in [-0.05, 0) is 54.6 Å². The number of hydrogen-bond donors (Lipinski definition) is 3. The zero-order valence-corrected chi connectivity index (χ0v) is 16.5. The van der Waals surface area contributed by atoms with Crippen LogP contribution in [0.4, 0.5) is 22.7 Å². The molecule has 4 rings (SSSR count). The Morgan fingerprint density at radius 3 is 2.55 bits per heavy atom. The van der Waals surface area contributed by atoms with Crippen LogP contribution in [0.3, 0.4) is 0 Å². The molecule has 0 fully saturated rings. The monoisotopic (exact) mass is 405 g/mol. The van der Waals surface area contributed by atoms with Crippen LogP contribution in [0, 0.1) is 0 Å². The van der Waals surface area contributed by atoms with Gasteiger partial charge in [0.15, 0.2) is 0 Å². The summed E-state index contributed by atoms with van der Waals surface area (Å²) in [6.45, 7) is 0. The van der Waals surface area contributed by atoms with E-state index in [1.54, 1.807) is 19.2 Å². The highest BCUT2D eigenvalue weighted by Gasteiger charge is 2.18. The fourth-order valence-electron chi connectivity index (χ4n) is 2.95. The number of thioether (sulfide) groups is 1. The van der Waals surface area contributed by atoms with Gasteiger partial charge in [-0.3, -0.25) is 9.59 Å². The number of fused-ring (bicyclic) bond motifs is 1. The molecule has 0 aliphatic carbocycles. The van der Waals surface area contributed by atoms with Crippen molar-refractivity contribution in [1.82, 2.24) is 0 Å². The number of hydrogen-bond acceptors (Lipinski definition) is 5. The van der Waals surface area contributed by atoms with Gasteiger partial charge < -0.3 is 20.7 Å². The smallest absolute Gasteiger partial charge is 0.255 e. The van der Waals surface area contributed by atoms with Crippen LogP contribution in [0.5, 0.6) is 5.75 Å². The van der Waals surface area contributed by atoms with Crippen molar-refractivity contribution in [2.45, 2.75) is 4.90 Å². The molecule has 2 amide bonds. The lowest BCUT2D eigenvalue weighted by molar-refractivity contribution is -0.113. The summed E-state index contributed by atoms with van der Waals surface area (Å²) in [6, 6.07) is 20.3. The van der Waals surface area contributed by atoms with Gasteiger partial charge in [-0.15, -0.1) is 11.8 Å². The molecule has 3 aromatic rings. The summed E-state index contributed by atoms with van der Waals surface area (Å²) in [6.07, 6.45) is 0. The Hall–Kier alpha value is -3.45. The summed E-state index contributed by atoms with van der Waals surface area (Å²) in [5, 5.41) is 9.06. The van der Waals surface area contributed by atoms with Crippen molar-refractivity contribution in [3.63, 3.8) is 0 Å². The second-order valence-electron chi connectivity index (χ2n) is 6.40. The van der Waals surface area contributed by atoms with Gasteiger partial charge in [0.25, 0.3) is 5.91 Å². The van der Waals surface area contributed by atoms with Gasteiger partial charge in [-0.25, -0.2) is 0 Å². The molecule has 0 radical (unpaired) electrons. The SMILES string of the molecule is COc1ccc(Nc2ccccc2NC(=O)c2ccc3c(c2)NC(=O)CS3)cc1. The van der Waals surface area contributed by atoms with Crippen LogP contribution in [0.15, 0.2) is 71.6 Å². The Labute approximate surface area is 172 Å². The highest BCUT2D eigenvalue weighted by atomic mass is 32.2. The Morgan fingerprint density at radius 2 is 1.79 bits per heavy atom. The maximum atomic E-state index is 12.8. The first kappa shape index (κ1) is 18.9. The molecular weight excluding hydrogens is 386 g/mol. The fraction of sp³-hybridized carbons (Fsp3) is 0.0909. The fourth-order valence-corrected chi connectivity index (χ4v) is 3.74. The Morgan fingerprint density at radius 1 is 1.03 bits per heavy atom. The van der Waals surface area contributed by atoms with E-state index in [1.165, 1.54) is 11.8 Å². The van der Waals surface area contributed by atoms with Crippen molar-refractivity contribution in [1.29, 1.82) is 0 Å². The molecule has 1 heterocycles. The van der Waals surface area contributed by atoms with E-state index in [2.05, 4.69) is 16.0 Å². The normalized spacial score (nSPS) is 12.5. The van der Waals surface area contributed by atoms with E-state index < -0.39 is 0 Å². The number of anilines is 4. The van der Waals surface area contributed by atoms with Gasteiger partial charge in [0.1, 0.15) is 5.75 Å². The quantitative estimate of drug-likeness (QED) is 0.572. The Balaban J connectivity index is 1.53. The molecule has 0 spiro atoms. The maximum Gasteiger partial charge on any atom is 0.255 e. The van der Waals surface area contributed by atoms with Gasteiger partial charge in [0.2, 0.25) is 5.91 Å². The van der Waals surface area contributed by atoms with Crippen molar-refractivity contribution in [2.24, 2.45) is 0 Å². The number of nitrogens with one attached hydrogen (secondary N) is 3. The molecular formula is C22H19N3O3S. The van der Waals surface area contributed by atoms with Crippen LogP contribution < -0.4 is 20.7 Å². The van der Waals surface area contributed by atoms with E-state index in [0.717, 1.165) is 22.0 Å². The van der Waals surface area contributed by atoms with Gasteiger partial charge in [0, 0.05) is 16.1 Å². The van der Waals surface area contributed by atoms with Crippen molar-refractivity contribution >= 4 is 46.3 Å². The zero-order chi connectivity index (χ0) is 20.2. The number of ether oxygens (including phenoxy) is 1. The summed E-state index contributed by atoms with van der Waals surface area (Å²) >= 11 is 1.46. The van der Waals surface area contributed by atoms with Crippen LogP contribution in [0.25, 0.3) is 0 Å². The predicted molar refractivity (Wildman–Crippen MR) is 116 cm³/mol. The Bertz CT molecular complexity index is 1070. The van der Waals surface area contributed by atoms with E-state index in [0.29, 0.717) is 22.7 Å². The highest BCUT2D eigenvalue weighted by molar-refractivity contribution is 8.00. The zero-order valence-electron chi connectivity index (χ0n) is 15.7. The summed E-state index contributed by atoms with van der Waals surface area (Å²) in [4.78, 5) is 25.4. The lowest BCUT2D eigenvalue weighted by atomic mass is 10.1. The third kappa shape index (κ3) is 4.35. The third-order valence-electron chi connectivity index (χ3n) is 4.42. The molecule has 0 bridgehead atoms.